The number of amides is 1. The summed E-state index contributed by atoms with van der Waals surface area (Å²) >= 11 is 0. The molecule has 1 rings (SSSR count). The van der Waals surface area contributed by atoms with Gasteiger partial charge in [-0.2, -0.15) is 0 Å². The fourth-order valence-electron chi connectivity index (χ4n) is 1.83. The zero-order valence-corrected chi connectivity index (χ0v) is 12.7. The fraction of sp³-hybridized carbons (Fsp3) is 0.562. The van der Waals surface area contributed by atoms with E-state index in [4.69, 9.17) is 4.74 Å². The Morgan fingerprint density at radius 2 is 2.05 bits per heavy atom. The van der Waals surface area contributed by atoms with E-state index in [1.807, 2.05) is 24.3 Å². The Labute approximate surface area is 121 Å². The van der Waals surface area contributed by atoms with Crippen molar-refractivity contribution in [2.75, 3.05) is 25.1 Å². The predicted molar refractivity (Wildman–Crippen MR) is 82.7 cm³/mol. The van der Waals surface area contributed by atoms with Crippen LogP contribution in [0, 0.1) is 5.92 Å². The minimum Gasteiger partial charge on any atom is -0.381 e. The lowest BCUT2D eigenvalue weighted by Crippen LogP contribution is -2.18. The molecule has 0 aliphatic carbocycles. The highest BCUT2D eigenvalue weighted by Crippen LogP contribution is 2.14. The van der Waals surface area contributed by atoms with Crippen LogP contribution in [-0.4, -0.2) is 25.7 Å². The summed E-state index contributed by atoms with van der Waals surface area (Å²) in [7, 11) is 0. The van der Waals surface area contributed by atoms with Crippen LogP contribution in [0.2, 0.25) is 0 Å². The number of rotatable bonds is 9. The van der Waals surface area contributed by atoms with E-state index in [0.717, 1.165) is 44.0 Å². The summed E-state index contributed by atoms with van der Waals surface area (Å²) in [6.07, 6.45) is 0.995. The van der Waals surface area contributed by atoms with E-state index in [1.54, 1.807) is 0 Å². The van der Waals surface area contributed by atoms with Crippen LogP contribution < -0.4 is 10.6 Å². The molecule has 0 aromatic heterocycles. The Morgan fingerprint density at radius 1 is 1.30 bits per heavy atom. The van der Waals surface area contributed by atoms with Crippen LogP contribution in [0.25, 0.3) is 0 Å². The molecule has 20 heavy (non-hydrogen) atoms. The maximum absolute atomic E-state index is 11.1. The van der Waals surface area contributed by atoms with Crippen LogP contribution in [0.4, 0.5) is 5.69 Å². The molecule has 4 nitrogen and oxygen atoms in total. The molecule has 0 radical (unpaired) electrons. The molecule has 0 atom stereocenters. The number of nitrogens with one attached hydrogen (secondary N) is 2. The summed E-state index contributed by atoms with van der Waals surface area (Å²) in [6, 6.07) is 7.85. The molecule has 0 fully saturated rings. The van der Waals surface area contributed by atoms with Gasteiger partial charge in [0.25, 0.3) is 0 Å². The van der Waals surface area contributed by atoms with Crippen LogP contribution in [0.15, 0.2) is 24.3 Å². The smallest absolute Gasteiger partial charge is 0.221 e. The van der Waals surface area contributed by atoms with Crippen molar-refractivity contribution in [2.45, 2.75) is 33.7 Å². The Morgan fingerprint density at radius 3 is 2.75 bits per heavy atom. The molecule has 1 amide bonds. The standard InChI is InChI=1S/C16H26N2O2/c1-13(2)12-20-10-6-9-17-11-15-7-4-5-8-16(15)18-14(3)19/h4-5,7-8,13,17H,6,9-12H2,1-3H3,(H,18,19). The van der Waals surface area contributed by atoms with Crippen molar-refractivity contribution in [2.24, 2.45) is 5.92 Å². The van der Waals surface area contributed by atoms with Gasteiger partial charge in [-0.05, 0) is 30.5 Å². The summed E-state index contributed by atoms with van der Waals surface area (Å²) in [4.78, 5) is 11.1. The molecule has 2 N–H and O–H groups in total. The van der Waals surface area contributed by atoms with Crippen molar-refractivity contribution in [1.29, 1.82) is 0 Å². The molecule has 0 unspecified atom stereocenters. The predicted octanol–water partition coefficient (Wildman–Crippen LogP) is 2.80. The van der Waals surface area contributed by atoms with Crippen molar-refractivity contribution in [1.82, 2.24) is 5.32 Å². The van der Waals surface area contributed by atoms with Gasteiger partial charge in [-0.25, -0.2) is 0 Å². The zero-order valence-electron chi connectivity index (χ0n) is 12.7. The van der Waals surface area contributed by atoms with Crippen LogP contribution in [0.3, 0.4) is 0 Å². The highest BCUT2D eigenvalue weighted by molar-refractivity contribution is 5.89. The molecule has 112 valence electrons. The quantitative estimate of drug-likeness (QED) is 0.683. The van der Waals surface area contributed by atoms with Gasteiger partial charge in [0.05, 0.1) is 0 Å². The second kappa shape index (κ2) is 9.50. The van der Waals surface area contributed by atoms with E-state index in [2.05, 4.69) is 24.5 Å². The van der Waals surface area contributed by atoms with Gasteiger partial charge in [0, 0.05) is 32.4 Å². The maximum Gasteiger partial charge on any atom is 0.221 e. The zero-order chi connectivity index (χ0) is 14.8. The number of carbonyl (C=O) groups is 1. The van der Waals surface area contributed by atoms with E-state index in [-0.39, 0.29) is 5.91 Å². The third-order valence-corrected chi connectivity index (χ3v) is 2.74. The third kappa shape index (κ3) is 7.26. The number of hydrogen-bond donors (Lipinski definition) is 2. The third-order valence-electron chi connectivity index (χ3n) is 2.74. The van der Waals surface area contributed by atoms with Gasteiger partial charge in [-0.3, -0.25) is 4.79 Å². The summed E-state index contributed by atoms with van der Waals surface area (Å²) < 4.78 is 5.53. The molecule has 1 aromatic rings. The molecule has 0 aliphatic heterocycles. The molecular weight excluding hydrogens is 252 g/mol. The molecule has 0 saturated heterocycles. The number of hydrogen-bond acceptors (Lipinski definition) is 3. The van der Waals surface area contributed by atoms with Crippen LogP contribution in [-0.2, 0) is 16.1 Å². The van der Waals surface area contributed by atoms with E-state index in [1.165, 1.54) is 6.92 Å². The highest BCUT2D eigenvalue weighted by Gasteiger charge is 2.02. The molecule has 0 saturated carbocycles. The second-order valence-corrected chi connectivity index (χ2v) is 5.34. The topological polar surface area (TPSA) is 50.4 Å². The Kier molecular flexibility index (Phi) is 7.92. The normalized spacial score (nSPS) is 10.8. The van der Waals surface area contributed by atoms with Crippen molar-refractivity contribution in [3.63, 3.8) is 0 Å². The van der Waals surface area contributed by atoms with Gasteiger partial charge >= 0.3 is 0 Å². The monoisotopic (exact) mass is 278 g/mol. The number of ether oxygens (including phenoxy) is 1. The molecule has 1 aromatic carbocycles. The SMILES string of the molecule is CC(=O)Nc1ccccc1CNCCCOCC(C)C. The van der Waals surface area contributed by atoms with Crippen LogP contribution >= 0.6 is 0 Å². The molecule has 0 heterocycles. The average Bonchev–Trinajstić information content (AvgIpc) is 2.38. The molecular formula is C16H26N2O2. The van der Waals surface area contributed by atoms with Gasteiger partial charge < -0.3 is 15.4 Å². The minimum atomic E-state index is -0.0421. The van der Waals surface area contributed by atoms with Gasteiger partial charge in [-0.1, -0.05) is 32.0 Å². The molecule has 0 spiro atoms. The van der Waals surface area contributed by atoms with E-state index in [9.17, 15) is 4.79 Å². The first-order valence-electron chi connectivity index (χ1n) is 7.23. The second-order valence-electron chi connectivity index (χ2n) is 5.34. The number of carbonyl (C=O) groups excluding carboxylic acids is 1. The highest BCUT2D eigenvalue weighted by atomic mass is 16.5. The number of para-hydroxylation sites is 1. The molecule has 0 bridgehead atoms. The first-order valence-corrected chi connectivity index (χ1v) is 7.23. The van der Waals surface area contributed by atoms with Crippen molar-refractivity contribution >= 4 is 11.6 Å². The summed E-state index contributed by atoms with van der Waals surface area (Å²) in [5.41, 5.74) is 1.98. The summed E-state index contributed by atoms with van der Waals surface area (Å²) in [5, 5.41) is 6.22. The Bertz CT molecular complexity index is 405. The Balaban J connectivity index is 2.23. The Hall–Kier alpha value is -1.39. The van der Waals surface area contributed by atoms with Gasteiger partial charge in [0.1, 0.15) is 0 Å². The molecule has 4 heteroatoms. The lowest BCUT2D eigenvalue weighted by molar-refractivity contribution is -0.114. The number of anilines is 1. The maximum atomic E-state index is 11.1. The average molecular weight is 278 g/mol. The first-order chi connectivity index (χ1) is 9.59. The van der Waals surface area contributed by atoms with Crippen molar-refractivity contribution < 1.29 is 9.53 Å². The van der Waals surface area contributed by atoms with Gasteiger partial charge in [-0.15, -0.1) is 0 Å². The van der Waals surface area contributed by atoms with Gasteiger partial charge in [0.15, 0.2) is 0 Å². The van der Waals surface area contributed by atoms with E-state index >= 15 is 0 Å². The summed E-state index contributed by atoms with van der Waals surface area (Å²) in [6.45, 7) is 9.10. The molecule has 0 aliphatic rings. The lowest BCUT2D eigenvalue weighted by atomic mass is 10.1. The van der Waals surface area contributed by atoms with E-state index < -0.39 is 0 Å². The van der Waals surface area contributed by atoms with Crippen LogP contribution in [0.5, 0.6) is 0 Å². The number of benzene rings is 1. The fourth-order valence-corrected chi connectivity index (χ4v) is 1.83. The minimum absolute atomic E-state index is 0.0421. The lowest BCUT2D eigenvalue weighted by Gasteiger charge is -2.11. The van der Waals surface area contributed by atoms with Gasteiger partial charge in [0.2, 0.25) is 5.91 Å². The first kappa shape index (κ1) is 16.7. The van der Waals surface area contributed by atoms with Crippen molar-refractivity contribution in [3.8, 4) is 0 Å². The van der Waals surface area contributed by atoms with E-state index in [0.29, 0.717) is 5.92 Å². The summed E-state index contributed by atoms with van der Waals surface area (Å²) in [5.74, 6) is 0.548. The van der Waals surface area contributed by atoms with Crippen LogP contribution in [0.1, 0.15) is 32.8 Å². The van der Waals surface area contributed by atoms with Crippen molar-refractivity contribution in [3.05, 3.63) is 29.8 Å². The largest absolute Gasteiger partial charge is 0.381 e.